The van der Waals surface area contributed by atoms with Gasteiger partial charge in [0.2, 0.25) is 0 Å². The monoisotopic (exact) mass is 177 g/mol. The van der Waals surface area contributed by atoms with Crippen molar-refractivity contribution in [2.75, 3.05) is 32.8 Å². The van der Waals surface area contributed by atoms with Gasteiger partial charge in [-0.15, -0.1) is 19.0 Å². The summed E-state index contributed by atoms with van der Waals surface area (Å²) in [4.78, 5) is 2.41. The number of nitrogens with zero attached hydrogens (tertiary/aromatic N) is 1. The lowest BCUT2D eigenvalue weighted by atomic mass is 10.3. The zero-order chi connectivity index (χ0) is 7.23. The molecule has 0 bridgehead atoms. The molecule has 11 heavy (non-hydrogen) atoms. The van der Waals surface area contributed by atoms with Crippen molar-refractivity contribution < 1.29 is 4.74 Å². The fourth-order valence-corrected chi connectivity index (χ4v) is 1.10. The third-order valence-electron chi connectivity index (χ3n) is 1.75. The van der Waals surface area contributed by atoms with Crippen molar-refractivity contribution in [2.45, 2.75) is 6.42 Å². The van der Waals surface area contributed by atoms with Gasteiger partial charge in [0, 0.05) is 19.6 Å². The molecule has 0 spiro atoms. The van der Waals surface area contributed by atoms with Crippen molar-refractivity contribution in [1.82, 2.24) is 4.90 Å². The largest absolute Gasteiger partial charge is 0.379 e. The minimum absolute atomic E-state index is 0. The van der Waals surface area contributed by atoms with Crippen molar-refractivity contribution in [3.63, 3.8) is 0 Å². The SMILES string of the molecule is C=CCCN1CCOCC1.Cl. The highest BCUT2D eigenvalue weighted by atomic mass is 35.5. The fraction of sp³-hybridized carbons (Fsp3) is 0.750. The second-order valence-electron chi connectivity index (χ2n) is 2.53. The first kappa shape index (κ1) is 11.0. The van der Waals surface area contributed by atoms with Crippen molar-refractivity contribution >= 4 is 12.4 Å². The molecule has 0 amide bonds. The lowest BCUT2D eigenvalue weighted by molar-refractivity contribution is 0.0387. The van der Waals surface area contributed by atoms with Gasteiger partial charge >= 0.3 is 0 Å². The van der Waals surface area contributed by atoms with Crippen molar-refractivity contribution in [3.8, 4) is 0 Å². The van der Waals surface area contributed by atoms with Crippen LogP contribution in [0.5, 0.6) is 0 Å². The van der Waals surface area contributed by atoms with E-state index in [-0.39, 0.29) is 12.4 Å². The Morgan fingerprint density at radius 2 is 2.00 bits per heavy atom. The van der Waals surface area contributed by atoms with Gasteiger partial charge in [-0.2, -0.15) is 0 Å². The van der Waals surface area contributed by atoms with E-state index < -0.39 is 0 Å². The van der Waals surface area contributed by atoms with Gasteiger partial charge in [-0.05, 0) is 6.42 Å². The molecule has 1 heterocycles. The van der Waals surface area contributed by atoms with Gasteiger partial charge in [-0.1, -0.05) is 6.08 Å². The van der Waals surface area contributed by atoms with Gasteiger partial charge in [0.05, 0.1) is 13.2 Å². The molecule has 0 atom stereocenters. The van der Waals surface area contributed by atoms with Gasteiger partial charge in [-0.3, -0.25) is 4.90 Å². The summed E-state index contributed by atoms with van der Waals surface area (Å²) >= 11 is 0. The smallest absolute Gasteiger partial charge is 0.0594 e. The van der Waals surface area contributed by atoms with Crippen molar-refractivity contribution in [1.29, 1.82) is 0 Å². The standard InChI is InChI=1S/C8H15NO.ClH/c1-2-3-4-9-5-7-10-8-6-9;/h2H,1,3-8H2;1H. The molecule has 0 aliphatic carbocycles. The lowest BCUT2D eigenvalue weighted by Gasteiger charge is -2.25. The first-order valence-corrected chi connectivity index (χ1v) is 3.84. The van der Waals surface area contributed by atoms with Crippen molar-refractivity contribution in [2.24, 2.45) is 0 Å². The third kappa shape index (κ3) is 4.40. The van der Waals surface area contributed by atoms with Crippen LogP contribution in [0.15, 0.2) is 12.7 Å². The molecule has 0 saturated carbocycles. The molecule has 1 rings (SSSR count). The summed E-state index contributed by atoms with van der Waals surface area (Å²) in [6.07, 6.45) is 3.06. The molecule has 1 aliphatic heterocycles. The topological polar surface area (TPSA) is 12.5 Å². The number of halogens is 1. The van der Waals surface area contributed by atoms with Crippen LogP contribution >= 0.6 is 12.4 Å². The quantitative estimate of drug-likeness (QED) is 0.603. The highest BCUT2D eigenvalue weighted by Gasteiger charge is 2.07. The molecule has 0 aromatic heterocycles. The number of rotatable bonds is 3. The number of hydrogen-bond acceptors (Lipinski definition) is 2. The van der Waals surface area contributed by atoms with Crippen LogP contribution in [0.2, 0.25) is 0 Å². The van der Waals surface area contributed by atoms with Gasteiger partial charge in [-0.25, -0.2) is 0 Å². The Bertz CT molecular complexity index is 102. The van der Waals surface area contributed by atoms with E-state index in [1.807, 2.05) is 6.08 Å². The van der Waals surface area contributed by atoms with Crippen LogP contribution in [-0.2, 0) is 4.74 Å². The summed E-state index contributed by atoms with van der Waals surface area (Å²) in [5.74, 6) is 0. The van der Waals surface area contributed by atoms with Gasteiger partial charge < -0.3 is 4.74 Å². The van der Waals surface area contributed by atoms with Crippen LogP contribution in [0.1, 0.15) is 6.42 Å². The van der Waals surface area contributed by atoms with E-state index in [4.69, 9.17) is 4.74 Å². The fourth-order valence-electron chi connectivity index (χ4n) is 1.10. The van der Waals surface area contributed by atoms with E-state index in [1.54, 1.807) is 0 Å². The Morgan fingerprint density at radius 1 is 1.36 bits per heavy atom. The second kappa shape index (κ2) is 6.65. The van der Waals surface area contributed by atoms with E-state index >= 15 is 0 Å². The van der Waals surface area contributed by atoms with Crippen LogP contribution in [0, 0.1) is 0 Å². The van der Waals surface area contributed by atoms with E-state index in [2.05, 4.69) is 11.5 Å². The molecule has 0 N–H and O–H groups in total. The second-order valence-corrected chi connectivity index (χ2v) is 2.53. The van der Waals surface area contributed by atoms with Crippen molar-refractivity contribution in [3.05, 3.63) is 12.7 Å². The molecule has 1 saturated heterocycles. The molecule has 1 fully saturated rings. The molecule has 3 heteroatoms. The highest BCUT2D eigenvalue weighted by molar-refractivity contribution is 5.85. The summed E-state index contributed by atoms with van der Waals surface area (Å²) in [5.41, 5.74) is 0. The summed E-state index contributed by atoms with van der Waals surface area (Å²) in [5, 5.41) is 0. The average molecular weight is 178 g/mol. The molecule has 0 radical (unpaired) electrons. The predicted octanol–water partition coefficient (Wildman–Crippen LogP) is 1.32. The Kier molecular flexibility index (Phi) is 6.62. The number of ether oxygens (including phenoxy) is 1. The highest BCUT2D eigenvalue weighted by Crippen LogP contribution is 1.97. The van der Waals surface area contributed by atoms with Gasteiger partial charge in [0.1, 0.15) is 0 Å². The zero-order valence-electron chi connectivity index (χ0n) is 6.79. The van der Waals surface area contributed by atoms with E-state index in [0.717, 1.165) is 39.3 Å². The maximum absolute atomic E-state index is 5.21. The normalized spacial score (nSPS) is 18.9. The summed E-state index contributed by atoms with van der Waals surface area (Å²) in [6.45, 7) is 8.81. The first-order chi connectivity index (χ1) is 4.93. The Labute approximate surface area is 74.6 Å². The zero-order valence-corrected chi connectivity index (χ0v) is 7.61. The molecule has 0 aromatic carbocycles. The maximum atomic E-state index is 5.21. The summed E-state index contributed by atoms with van der Waals surface area (Å²) < 4.78 is 5.21. The minimum Gasteiger partial charge on any atom is -0.379 e. The van der Waals surface area contributed by atoms with E-state index in [9.17, 15) is 0 Å². The molecule has 66 valence electrons. The molecular formula is C8H16ClNO. The van der Waals surface area contributed by atoms with E-state index in [1.165, 1.54) is 0 Å². The van der Waals surface area contributed by atoms with E-state index in [0.29, 0.717) is 0 Å². The minimum atomic E-state index is 0. The molecule has 1 aliphatic rings. The Hall–Kier alpha value is -0.0500. The van der Waals surface area contributed by atoms with Crippen LogP contribution in [0.3, 0.4) is 0 Å². The van der Waals surface area contributed by atoms with Crippen LogP contribution < -0.4 is 0 Å². The predicted molar refractivity (Wildman–Crippen MR) is 49.3 cm³/mol. The summed E-state index contributed by atoms with van der Waals surface area (Å²) in [7, 11) is 0. The molecule has 0 unspecified atom stereocenters. The maximum Gasteiger partial charge on any atom is 0.0594 e. The summed E-state index contributed by atoms with van der Waals surface area (Å²) in [6, 6.07) is 0. The van der Waals surface area contributed by atoms with Crippen LogP contribution in [0.25, 0.3) is 0 Å². The first-order valence-electron chi connectivity index (χ1n) is 3.84. The Morgan fingerprint density at radius 3 is 2.55 bits per heavy atom. The third-order valence-corrected chi connectivity index (χ3v) is 1.75. The molecule has 0 aromatic rings. The van der Waals surface area contributed by atoms with Crippen LogP contribution in [0.4, 0.5) is 0 Å². The lowest BCUT2D eigenvalue weighted by Crippen LogP contribution is -2.36. The average Bonchev–Trinajstić information content (AvgIpc) is 2.03. The number of hydrogen-bond donors (Lipinski definition) is 0. The van der Waals surface area contributed by atoms with Gasteiger partial charge in [0.25, 0.3) is 0 Å². The number of morpholine rings is 1. The van der Waals surface area contributed by atoms with Gasteiger partial charge in [0.15, 0.2) is 0 Å². The van der Waals surface area contributed by atoms with Crippen LogP contribution in [-0.4, -0.2) is 37.7 Å². The molecular weight excluding hydrogens is 162 g/mol. The molecule has 2 nitrogen and oxygen atoms in total. The Balaban J connectivity index is 0.000001000.